The second-order valence-electron chi connectivity index (χ2n) is 6.43. The molecule has 140 valence electrons. The van der Waals surface area contributed by atoms with E-state index in [9.17, 15) is 13.2 Å². The Balaban J connectivity index is 1.50. The zero-order valence-electron chi connectivity index (χ0n) is 14.1. The molecule has 3 aromatic rings. The summed E-state index contributed by atoms with van der Waals surface area (Å²) in [6, 6.07) is 6.88. The number of alkyl halides is 3. The molecule has 3 heterocycles. The van der Waals surface area contributed by atoms with Crippen LogP contribution in [0, 0.1) is 0 Å². The molecule has 0 aliphatic carbocycles. The Kier molecular flexibility index (Phi) is 4.77. The van der Waals surface area contributed by atoms with E-state index in [-0.39, 0.29) is 0 Å². The van der Waals surface area contributed by atoms with Crippen molar-refractivity contribution in [1.29, 1.82) is 0 Å². The smallest absolute Gasteiger partial charge is 0.416 e. The van der Waals surface area contributed by atoms with Gasteiger partial charge in [0.15, 0.2) is 5.82 Å². The van der Waals surface area contributed by atoms with Gasteiger partial charge in [0, 0.05) is 36.8 Å². The van der Waals surface area contributed by atoms with Crippen molar-refractivity contribution in [2.24, 2.45) is 0 Å². The largest absolute Gasteiger partial charge is 0.467 e. The Bertz CT molecular complexity index is 954. The summed E-state index contributed by atoms with van der Waals surface area (Å²) in [5, 5.41) is 0. The Morgan fingerprint density at radius 2 is 1.96 bits per heavy atom. The van der Waals surface area contributed by atoms with Crippen LogP contribution >= 0.6 is 15.9 Å². The number of nitrogens with zero attached hydrogens (tertiary/aromatic N) is 3. The molecule has 0 bridgehead atoms. The number of halogens is 4. The number of aromatic nitrogens is 2. The fraction of sp³-hybridized carbons (Fsp3) is 0.263. The van der Waals surface area contributed by atoms with Crippen LogP contribution in [0.3, 0.4) is 0 Å². The van der Waals surface area contributed by atoms with Crippen LogP contribution in [0.4, 0.5) is 13.2 Å². The van der Waals surface area contributed by atoms with Gasteiger partial charge in [-0.2, -0.15) is 13.2 Å². The van der Waals surface area contributed by atoms with E-state index < -0.39 is 11.7 Å². The summed E-state index contributed by atoms with van der Waals surface area (Å²) in [7, 11) is 0. The molecule has 8 heteroatoms. The predicted molar refractivity (Wildman–Crippen MR) is 96.7 cm³/mol. The van der Waals surface area contributed by atoms with E-state index in [2.05, 4.69) is 30.8 Å². The van der Waals surface area contributed by atoms with Crippen LogP contribution in [-0.2, 0) is 25.7 Å². The molecule has 1 aliphatic rings. The number of furan rings is 1. The molecule has 4 nitrogen and oxygen atoms in total. The van der Waals surface area contributed by atoms with Crippen molar-refractivity contribution in [1.82, 2.24) is 14.9 Å². The first kappa shape index (κ1) is 18.2. The average Bonchev–Trinajstić information content (AvgIpc) is 3.05. The molecule has 0 N–H and O–H groups in total. The van der Waals surface area contributed by atoms with Crippen LogP contribution in [0.1, 0.15) is 22.6 Å². The van der Waals surface area contributed by atoms with Gasteiger partial charge in [-0.1, -0.05) is 12.1 Å². The molecule has 1 aliphatic heterocycles. The molecular weight excluding hydrogens is 423 g/mol. The summed E-state index contributed by atoms with van der Waals surface area (Å²) in [6.45, 7) is 2.24. The number of hydrogen-bond acceptors (Lipinski definition) is 4. The standard InChI is InChI=1S/C19H15BrF3N3O/c20-15-7-16(27-11-15)10-26-6-5-17-13(9-26)8-24-18(25-17)12-1-3-14(4-2-12)19(21,22)23/h1-4,7-8,11H,5-6,9-10H2. The van der Waals surface area contributed by atoms with Crippen molar-refractivity contribution >= 4 is 15.9 Å². The second kappa shape index (κ2) is 7.09. The van der Waals surface area contributed by atoms with Gasteiger partial charge in [0.05, 0.1) is 22.3 Å². The summed E-state index contributed by atoms with van der Waals surface area (Å²) in [4.78, 5) is 11.2. The molecule has 27 heavy (non-hydrogen) atoms. The third kappa shape index (κ3) is 4.06. The van der Waals surface area contributed by atoms with E-state index in [0.29, 0.717) is 24.5 Å². The molecule has 0 amide bonds. The third-order valence-corrected chi connectivity index (χ3v) is 4.90. The molecule has 2 aromatic heterocycles. The van der Waals surface area contributed by atoms with E-state index in [0.717, 1.165) is 46.6 Å². The molecule has 1 aromatic carbocycles. The van der Waals surface area contributed by atoms with Gasteiger partial charge in [0.25, 0.3) is 0 Å². The summed E-state index contributed by atoms with van der Waals surface area (Å²) < 4.78 is 44.5. The maximum Gasteiger partial charge on any atom is 0.416 e. The molecule has 0 fully saturated rings. The first-order valence-corrected chi connectivity index (χ1v) is 9.15. The van der Waals surface area contributed by atoms with Gasteiger partial charge >= 0.3 is 6.18 Å². The maximum atomic E-state index is 12.7. The van der Waals surface area contributed by atoms with E-state index in [4.69, 9.17) is 4.42 Å². The van der Waals surface area contributed by atoms with Crippen LogP contribution in [-0.4, -0.2) is 21.4 Å². The van der Waals surface area contributed by atoms with Crippen molar-refractivity contribution in [2.75, 3.05) is 6.54 Å². The fourth-order valence-electron chi connectivity index (χ4n) is 3.11. The van der Waals surface area contributed by atoms with Crippen LogP contribution in [0.2, 0.25) is 0 Å². The van der Waals surface area contributed by atoms with E-state index in [1.807, 2.05) is 6.07 Å². The van der Waals surface area contributed by atoms with Crippen molar-refractivity contribution in [3.63, 3.8) is 0 Å². The highest BCUT2D eigenvalue weighted by Gasteiger charge is 2.30. The number of rotatable bonds is 3. The highest BCUT2D eigenvalue weighted by molar-refractivity contribution is 9.10. The molecule has 0 spiro atoms. The van der Waals surface area contributed by atoms with Gasteiger partial charge in [-0.25, -0.2) is 9.97 Å². The fourth-order valence-corrected chi connectivity index (χ4v) is 3.46. The number of hydrogen-bond donors (Lipinski definition) is 0. The van der Waals surface area contributed by atoms with Crippen LogP contribution in [0.15, 0.2) is 51.7 Å². The van der Waals surface area contributed by atoms with Crippen molar-refractivity contribution in [3.8, 4) is 11.4 Å². The number of fused-ring (bicyclic) bond motifs is 1. The quantitative estimate of drug-likeness (QED) is 0.573. The lowest BCUT2D eigenvalue weighted by molar-refractivity contribution is -0.137. The highest BCUT2D eigenvalue weighted by atomic mass is 79.9. The minimum atomic E-state index is -4.34. The Hall–Kier alpha value is -2.19. The van der Waals surface area contributed by atoms with Gasteiger partial charge in [-0.3, -0.25) is 4.90 Å². The lowest BCUT2D eigenvalue weighted by atomic mass is 10.1. The van der Waals surface area contributed by atoms with Gasteiger partial charge < -0.3 is 4.42 Å². The van der Waals surface area contributed by atoms with Gasteiger partial charge in [-0.15, -0.1) is 0 Å². The minimum Gasteiger partial charge on any atom is -0.467 e. The van der Waals surface area contributed by atoms with Crippen molar-refractivity contribution < 1.29 is 17.6 Å². The zero-order chi connectivity index (χ0) is 19.0. The van der Waals surface area contributed by atoms with Crippen molar-refractivity contribution in [2.45, 2.75) is 25.7 Å². The first-order chi connectivity index (χ1) is 12.9. The van der Waals surface area contributed by atoms with E-state index in [1.54, 1.807) is 12.5 Å². The van der Waals surface area contributed by atoms with Gasteiger partial charge in [0.2, 0.25) is 0 Å². The molecule has 0 radical (unpaired) electrons. The first-order valence-electron chi connectivity index (χ1n) is 8.36. The Morgan fingerprint density at radius 1 is 1.19 bits per heavy atom. The zero-order valence-corrected chi connectivity index (χ0v) is 15.7. The summed E-state index contributed by atoms with van der Waals surface area (Å²) in [5.74, 6) is 1.33. The van der Waals surface area contributed by atoms with Crippen LogP contribution < -0.4 is 0 Å². The highest BCUT2D eigenvalue weighted by Crippen LogP contribution is 2.30. The topological polar surface area (TPSA) is 42.2 Å². The van der Waals surface area contributed by atoms with Gasteiger partial charge in [0.1, 0.15) is 12.0 Å². The third-order valence-electron chi connectivity index (χ3n) is 4.48. The van der Waals surface area contributed by atoms with Gasteiger partial charge in [-0.05, 0) is 34.1 Å². The monoisotopic (exact) mass is 437 g/mol. The van der Waals surface area contributed by atoms with Crippen molar-refractivity contribution in [3.05, 3.63) is 69.8 Å². The molecule has 0 unspecified atom stereocenters. The Labute approximate surface area is 162 Å². The molecule has 0 saturated carbocycles. The summed E-state index contributed by atoms with van der Waals surface area (Å²) in [5.41, 5.74) is 1.87. The van der Waals surface area contributed by atoms with Crippen LogP contribution in [0.5, 0.6) is 0 Å². The Morgan fingerprint density at radius 3 is 2.63 bits per heavy atom. The predicted octanol–water partition coefficient (Wildman–Crippen LogP) is 5.08. The lowest BCUT2D eigenvalue weighted by Crippen LogP contribution is -2.30. The minimum absolute atomic E-state index is 0.450. The molecule has 0 atom stereocenters. The summed E-state index contributed by atoms with van der Waals surface area (Å²) in [6.07, 6.45) is -0.165. The molecule has 0 saturated heterocycles. The van der Waals surface area contributed by atoms with E-state index in [1.165, 1.54) is 12.1 Å². The molecular formula is C19H15BrF3N3O. The SMILES string of the molecule is FC(F)(F)c1ccc(-c2ncc3c(n2)CCN(Cc2cc(Br)co2)C3)cc1. The van der Waals surface area contributed by atoms with E-state index >= 15 is 0 Å². The maximum absolute atomic E-state index is 12.7. The second-order valence-corrected chi connectivity index (χ2v) is 7.35. The normalized spacial score (nSPS) is 15.0. The van der Waals surface area contributed by atoms with Crippen LogP contribution in [0.25, 0.3) is 11.4 Å². The number of benzene rings is 1. The average molecular weight is 438 g/mol. The lowest BCUT2D eigenvalue weighted by Gasteiger charge is -2.27. The molecule has 4 rings (SSSR count). The summed E-state index contributed by atoms with van der Waals surface area (Å²) >= 11 is 3.37.